The van der Waals surface area contributed by atoms with E-state index in [1.54, 1.807) is 6.92 Å². The molecule has 0 spiro atoms. The third-order valence-corrected chi connectivity index (χ3v) is 3.94. The third-order valence-electron chi connectivity index (χ3n) is 3.94. The van der Waals surface area contributed by atoms with Crippen LogP contribution in [0.5, 0.6) is 0 Å². The largest absolute Gasteiger partial charge is 0.339 e. The van der Waals surface area contributed by atoms with E-state index in [1.807, 2.05) is 11.8 Å². The fraction of sp³-hybridized carbons (Fsp3) is 0.857. The molecule has 0 aromatic heterocycles. The van der Waals surface area contributed by atoms with E-state index in [0.717, 1.165) is 26.2 Å². The van der Waals surface area contributed by atoms with Gasteiger partial charge in [-0.2, -0.15) is 5.26 Å². The first-order valence-corrected chi connectivity index (χ1v) is 6.70. The molecule has 102 valence electrons. The van der Waals surface area contributed by atoms with Crippen LogP contribution in [0.25, 0.3) is 0 Å². The molecule has 0 aliphatic carbocycles. The molecule has 4 nitrogen and oxygen atoms in total. The summed E-state index contributed by atoms with van der Waals surface area (Å²) in [5.41, 5.74) is -0.706. The van der Waals surface area contributed by atoms with Crippen LogP contribution in [0.4, 0.5) is 0 Å². The van der Waals surface area contributed by atoms with Crippen LogP contribution < -0.4 is 0 Å². The highest BCUT2D eigenvalue weighted by Gasteiger charge is 2.37. The molecule has 1 fully saturated rings. The Kier molecular flexibility index (Phi) is 4.39. The number of piperazine rings is 1. The van der Waals surface area contributed by atoms with Gasteiger partial charge in [0.15, 0.2) is 0 Å². The Morgan fingerprint density at radius 3 is 2.00 bits per heavy atom. The van der Waals surface area contributed by atoms with Gasteiger partial charge in [0.2, 0.25) is 5.91 Å². The van der Waals surface area contributed by atoms with E-state index in [2.05, 4.69) is 31.7 Å². The SMILES string of the molecule is CCC(C)(C#N)C(=O)N1CCN(C(C)(C)C)CC1. The van der Waals surface area contributed by atoms with Crippen molar-refractivity contribution in [3.63, 3.8) is 0 Å². The highest BCUT2D eigenvalue weighted by Crippen LogP contribution is 2.25. The van der Waals surface area contributed by atoms with Gasteiger partial charge in [0.25, 0.3) is 0 Å². The van der Waals surface area contributed by atoms with Crippen LogP contribution in [0.2, 0.25) is 0 Å². The summed E-state index contributed by atoms with van der Waals surface area (Å²) < 4.78 is 0. The molecule has 0 radical (unpaired) electrons. The van der Waals surface area contributed by atoms with Crippen LogP contribution in [-0.4, -0.2) is 47.4 Å². The molecule has 0 bridgehead atoms. The number of hydrogen-bond acceptors (Lipinski definition) is 3. The van der Waals surface area contributed by atoms with Gasteiger partial charge in [-0.25, -0.2) is 0 Å². The minimum atomic E-state index is -0.857. The van der Waals surface area contributed by atoms with Crippen molar-refractivity contribution in [1.82, 2.24) is 9.80 Å². The fourth-order valence-corrected chi connectivity index (χ4v) is 2.21. The minimum absolute atomic E-state index is 0.0129. The number of nitrogens with zero attached hydrogens (tertiary/aromatic N) is 3. The number of hydrogen-bond donors (Lipinski definition) is 0. The Bertz CT molecular complexity index is 345. The van der Waals surface area contributed by atoms with Gasteiger partial charge in [-0.3, -0.25) is 9.69 Å². The molecular formula is C14H25N3O. The standard InChI is InChI=1S/C14H25N3O/c1-6-14(5,11-15)12(18)16-7-9-17(10-8-16)13(2,3)4/h6-10H2,1-5H3. The van der Waals surface area contributed by atoms with Gasteiger partial charge in [0.05, 0.1) is 6.07 Å². The van der Waals surface area contributed by atoms with Crippen molar-refractivity contribution in [1.29, 1.82) is 5.26 Å². The summed E-state index contributed by atoms with van der Waals surface area (Å²) in [5.74, 6) is -0.0129. The van der Waals surface area contributed by atoms with E-state index < -0.39 is 5.41 Å². The Balaban J connectivity index is 2.64. The van der Waals surface area contributed by atoms with E-state index in [9.17, 15) is 4.79 Å². The lowest BCUT2D eigenvalue weighted by molar-refractivity contribution is -0.141. The van der Waals surface area contributed by atoms with Gasteiger partial charge < -0.3 is 4.90 Å². The van der Waals surface area contributed by atoms with Crippen molar-refractivity contribution in [2.75, 3.05) is 26.2 Å². The topological polar surface area (TPSA) is 47.3 Å². The number of nitriles is 1. The maximum atomic E-state index is 12.3. The summed E-state index contributed by atoms with van der Waals surface area (Å²) in [6.45, 7) is 13.4. The van der Waals surface area contributed by atoms with Crippen molar-refractivity contribution in [2.45, 2.75) is 46.6 Å². The van der Waals surface area contributed by atoms with Crippen LogP contribution in [0, 0.1) is 16.7 Å². The predicted octanol–water partition coefficient (Wildman–Crippen LogP) is 1.87. The molecule has 1 rings (SSSR count). The van der Waals surface area contributed by atoms with Crippen LogP contribution in [0.1, 0.15) is 41.0 Å². The molecule has 0 saturated carbocycles. The lowest BCUT2D eigenvalue weighted by Crippen LogP contribution is -2.56. The maximum Gasteiger partial charge on any atom is 0.242 e. The summed E-state index contributed by atoms with van der Waals surface area (Å²) in [7, 11) is 0. The number of carbonyl (C=O) groups excluding carboxylic acids is 1. The van der Waals surface area contributed by atoms with Crippen molar-refractivity contribution in [2.24, 2.45) is 5.41 Å². The van der Waals surface area contributed by atoms with Gasteiger partial charge in [-0.1, -0.05) is 6.92 Å². The lowest BCUT2D eigenvalue weighted by Gasteiger charge is -2.43. The molecule has 0 N–H and O–H groups in total. The van der Waals surface area contributed by atoms with E-state index in [1.165, 1.54) is 0 Å². The minimum Gasteiger partial charge on any atom is -0.339 e. The molecule has 1 atom stereocenters. The number of carbonyl (C=O) groups is 1. The number of amides is 1. The molecule has 1 aliphatic rings. The van der Waals surface area contributed by atoms with Crippen LogP contribution in [0.3, 0.4) is 0 Å². The first-order valence-electron chi connectivity index (χ1n) is 6.70. The highest BCUT2D eigenvalue weighted by atomic mass is 16.2. The highest BCUT2D eigenvalue weighted by molar-refractivity contribution is 5.85. The number of rotatable bonds is 2. The first-order chi connectivity index (χ1) is 8.24. The van der Waals surface area contributed by atoms with E-state index in [4.69, 9.17) is 5.26 Å². The molecule has 1 unspecified atom stereocenters. The van der Waals surface area contributed by atoms with Gasteiger partial charge in [0.1, 0.15) is 5.41 Å². The first kappa shape index (κ1) is 15.0. The average Bonchev–Trinajstić information content (AvgIpc) is 2.36. The second kappa shape index (κ2) is 5.27. The van der Waals surface area contributed by atoms with Crippen molar-refractivity contribution in [3.8, 4) is 6.07 Å². The van der Waals surface area contributed by atoms with E-state index >= 15 is 0 Å². The Labute approximate surface area is 111 Å². The molecule has 1 amide bonds. The summed E-state index contributed by atoms with van der Waals surface area (Å²) in [4.78, 5) is 16.5. The second-order valence-electron chi connectivity index (χ2n) is 6.25. The predicted molar refractivity (Wildman–Crippen MR) is 71.9 cm³/mol. The smallest absolute Gasteiger partial charge is 0.242 e. The van der Waals surface area contributed by atoms with Gasteiger partial charge >= 0.3 is 0 Å². The summed E-state index contributed by atoms with van der Waals surface area (Å²) >= 11 is 0. The molecule has 1 aliphatic heterocycles. The Morgan fingerprint density at radius 2 is 1.67 bits per heavy atom. The van der Waals surface area contributed by atoms with Crippen molar-refractivity contribution >= 4 is 5.91 Å². The maximum absolute atomic E-state index is 12.3. The summed E-state index contributed by atoms with van der Waals surface area (Å²) in [5, 5.41) is 9.16. The average molecular weight is 251 g/mol. The molecule has 18 heavy (non-hydrogen) atoms. The van der Waals surface area contributed by atoms with Crippen LogP contribution in [-0.2, 0) is 4.79 Å². The molecule has 4 heteroatoms. The lowest BCUT2D eigenvalue weighted by atomic mass is 9.87. The summed E-state index contributed by atoms with van der Waals surface area (Å²) in [6.07, 6.45) is 0.571. The van der Waals surface area contributed by atoms with Crippen molar-refractivity contribution < 1.29 is 4.79 Å². The van der Waals surface area contributed by atoms with Crippen LogP contribution in [0.15, 0.2) is 0 Å². The zero-order chi connectivity index (χ0) is 14.0. The van der Waals surface area contributed by atoms with Gasteiger partial charge in [-0.05, 0) is 34.1 Å². The van der Waals surface area contributed by atoms with E-state index in [-0.39, 0.29) is 11.4 Å². The fourth-order valence-electron chi connectivity index (χ4n) is 2.21. The molecular weight excluding hydrogens is 226 g/mol. The van der Waals surface area contributed by atoms with Gasteiger partial charge in [-0.15, -0.1) is 0 Å². The Hall–Kier alpha value is -1.08. The molecule has 0 aromatic carbocycles. The van der Waals surface area contributed by atoms with Crippen LogP contribution >= 0.6 is 0 Å². The third kappa shape index (κ3) is 3.02. The Morgan fingerprint density at radius 1 is 1.17 bits per heavy atom. The zero-order valence-electron chi connectivity index (χ0n) is 12.3. The van der Waals surface area contributed by atoms with Crippen molar-refractivity contribution in [3.05, 3.63) is 0 Å². The quantitative estimate of drug-likeness (QED) is 0.752. The second-order valence-corrected chi connectivity index (χ2v) is 6.25. The normalized spacial score (nSPS) is 21.2. The molecule has 1 heterocycles. The van der Waals surface area contributed by atoms with E-state index in [0.29, 0.717) is 6.42 Å². The van der Waals surface area contributed by atoms with Gasteiger partial charge in [0, 0.05) is 31.7 Å². The molecule has 0 aromatic rings. The molecule has 1 saturated heterocycles. The zero-order valence-corrected chi connectivity index (χ0v) is 12.3. The monoisotopic (exact) mass is 251 g/mol. The summed E-state index contributed by atoms with van der Waals surface area (Å²) in [6, 6.07) is 2.16.